The summed E-state index contributed by atoms with van der Waals surface area (Å²) in [5.41, 5.74) is 5.22. The second-order valence-corrected chi connectivity index (χ2v) is 8.29. The Morgan fingerprint density at radius 3 is 2.53 bits per heavy atom. The molecule has 2 unspecified atom stereocenters. The highest BCUT2D eigenvalue weighted by Gasteiger charge is 2.36. The zero-order chi connectivity index (χ0) is 22.1. The summed E-state index contributed by atoms with van der Waals surface area (Å²) < 4.78 is 27.3. The molecule has 3 atom stereocenters. The third-order valence-electron chi connectivity index (χ3n) is 4.44. The lowest BCUT2D eigenvalue weighted by atomic mass is 10.1. The number of benzene rings is 1. The molecule has 1 aromatic carbocycles. The molecule has 11 nitrogen and oxygen atoms in total. The topological polar surface area (TPSA) is 178 Å². The molecule has 0 radical (unpaired) electrons. The van der Waals surface area contributed by atoms with Crippen LogP contribution in [-0.4, -0.2) is 68.0 Å². The van der Waals surface area contributed by atoms with Crippen LogP contribution in [0.5, 0.6) is 0 Å². The van der Waals surface area contributed by atoms with Crippen molar-refractivity contribution < 1.29 is 23.1 Å². The van der Waals surface area contributed by atoms with E-state index in [9.17, 15) is 23.1 Å². The quantitative estimate of drug-likeness (QED) is 0.0980. The molecule has 0 saturated heterocycles. The average Bonchev–Trinajstić information content (AvgIpc) is 2.69. The number of nitrogens with one attached hydrogen (secondary N) is 4. The van der Waals surface area contributed by atoms with Crippen LogP contribution in [0.2, 0.25) is 0 Å². The number of nitrogens with zero attached hydrogens (tertiary/aromatic N) is 1. The number of aliphatic hydroxyl groups excluding tert-OH is 1. The van der Waals surface area contributed by atoms with Gasteiger partial charge in [-0.05, 0) is 37.3 Å². The fourth-order valence-electron chi connectivity index (χ4n) is 2.87. The number of sulfonamides is 1. The van der Waals surface area contributed by atoms with Crippen LogP contribution in [0.15, 0.2) is 47.5 Å². The Bertz CT molecular complexity index is 876. The lowest BCUT2D eigenvalue weighted by Crippen LogP contribution is -2.61. The predicted molar refractivity (Wildman–Crippen MR) is 110 cm³/mol. The van der Waals surface area contributed by atoms with Crippen molar-refractivity contribution in [3.8, 4) is 0 Å². The summed E-state index contributed by atoms with van der Waals surface area (Å²) in [6.45, 7) is -0.449. The van der Waals surface area contributed by atoms with Gasteiger partial charge in [-0.2, -0.15) is 4.72 Å². The van der Waals surface area contributed by atoms with Gasteiger partial charge in [0.15, 0.2) is 5.96 Å². The van der Waals surface area contributed by atoms with Gasteiger partial charge in [0.1, 0.15) is 18.5 Å². The van der Waals surface area contributed by atoms with Crippen LogP contribution in [0.1, 0.15) is 12.8 Å². The van der Waals surface area contributed by atoms with Gasteiger partial charge >= 0.3 is 0 Å². The fraction of sp³-hybridized carbons (Fsp3) is 0.389. The maximum atomic E-state index is 13.1. The summed E-state index contributed by atoms with van der Waals surface area (Å²) >= 11 is 0. The Kier molecular flexibility index (Phi) is 8.33. The lowest BCUT2D eigenvalue weighted by molar-refractivity contribution is -0.141. The van der Waals surface area contributed by atoms with Crippen molar-refractivity contribution in [2.24, 2.45) is 5.73 Å². The van der Waals surface area contributed by atoms with Crippen LogP contribution in [-0.2, 0) is 19.6 Å². The first kappa shape index (κ1) is 23.3. The van der Waals surface area contributed by atoms with Crippen LogP contribution in [0.3, 0.4) is 0 Å². The van der Waals surface area contributed by atoms with Crippen LogP contribution in [0.25, 0.3) is 0 Å². The SMILES string of the molecule is N=C(N)NCCCC(C=O)N(C(=O)[C@@H](CO)NS(=O)(=O)c1ccccc1)C1C=CN1. The van der Waals surface area contributed by atoms with E-state index < -0.39 is 40.8 Å². The third-order valence-corrected chi connectivity index (χ3v) is 5.93. The highest BCUT2D eigenvalue weighted by Crippen LogP contribution is 2.16. The van der Waals surface area contributed by atoms with Gasteiger partial charge in [-0.15, -0.1) is 0 Å². The maximum Gasteiger partial charge on any atom is 0.245 e. The molecule has 1 aromatic rings. The molecule has 0 spiro atoms. The lowest BCUT2D eigenvalue weighted by Gasteiger charge is -2.39. The molecule has 164 valence electrons. The summed E-state index contributed by atoms with van der Waals surface area (Å²) in [7, 11) is -4.06. The molecular weight excluding hydrogens is 412 g/mol. The van der Waals surface area contributed by atoms with Gasteiger partial charge < -0.3 is 31.2 Å². The van der Waals surface area contributed by atoms with Crippen LogP contribution >= 0.6 is 0 Å². The number of hydrogen-bond donors (Lipinski definition) is 6. The van der Waals surface area contributed by atoms with Gasteiger partial charge in [0, 0.05) is 6.54 Å². The molecule has 1 heterocycles. The van der Waals surface area contributed by atoms with E-state index in [1.54, 1.807) is 18.3 Å². The molecule has 7 N–H and O–H groups in total. The molecule has 0 aromatic heterocycles. The monoisotopic (exact) mass is 438 g/mol. The largest absolute Gasteiger partial charge is 0.394 e. The molecule has 1 aliphatic rings. The Labute approximate surface area is 174 Å². The van der Waals surface area contributed by atoms with E-state index in [1.165, 1.54) is 29.2 Å². The van der Waals surface area contributed by atoms with Gasteiger partial charge in [0.05, 0.1) is 17.5 Å². The number of carbonyl (C=O) groups excluding carboxylic acids is 2. The maximum absolute atomic E-state index is 13.1. The number of nitrogens with two attached hydrogens (primary N) is 1. The van der Waals surface area contributed by atoms with Gasteiger partial charge in [-0.1, -0.05) is 18.2 Å². The molecule has 1 aliphatic heterocycles. The van der Waals surface area contributed by atoms with Crippen molar-refractivity contribution in [2.75, 3.05) is 13.2 Å². The Hall–Kier alpha value is -2.96. The van der Waals surface area contributed by atoms with Gasteiger partial charge in [0.2, 0.25) is 15.9 Å². The molecule has 0 saturated carbocycles. The minimum absolute atomic E-state index is 0.0493. The highest BCUT2D eigenvalue weighted by molar-refractivity contribution is 7.89. The van der Waals surface area contributed by atoms with Crippen molar-refractivity contribution in [3.63, 3.8) is 0 Å². The van der Waals surface area contributed by atoms with Crippen molar-refractivity contribution in [3.05, 3.63) is 42.6 Å². The number of rotatable bonds is 12. The molecule has 0 bridgehead atoms. The second-order valence-electron chi connectivity index (χ2n) is 6.57. The van der Waals surface area contributed by atoms with Crippen molar-refractivity contribution in [2.45, 2.75) is 36.0 Å². The summed E-state index contributed by atoms with van der Waals surface area (Å²) in [4.78, 5) is 26.0. The first-order chi connectivity index (χ1) is 14.3. The number of aldehydes is 1. The van der Waals surface area contributed by atoms with E-state index in [0.29, 0.717) is 19.3 Å². The molecule has 2 rings (SSSR count). The van der Waals surface area contributed by atoms with Crippen molar-refractivity contribution >= 4 is 28.2 Å². The average molecular weight is 439 g/mol. The van der Waals surface area contributed by atoms with Crippen molar-refractivity contribution in [1.82, 2.24) is 20.3 Å². The first-order valence-electron chi connectivity index (χ1n) is 9.26. The molecule has 0 aliphatic carbocycles. The summed E-state index contributed by atoms with van der Waals surface area (Å²) in [5.74, 6) is -0.944. The van der Waals surface area contributed by atoms with Gasteiger partial charge in [-0.3, -0.25) is 10.2 Å². The minimum Gasteiger partial charge on any atom is -0.394 e. The third kappa shape index (κ3) is 6.02. The number of aliphatic hydroxyl groups is 1. The van der Waals surface area contributed by atoms with E-state index >= 15 is 0 Å². The number of amides is 1. The Morgan fingerprint density at radius 2 is 2.03 bits per heavy atom. The number of hydrogen-bond acceptors (Lipinski definition) is 7. The van der Waals surface area contributed by atoms with Crippen LogP contribution in [0.4, 0.5) is 0 Å². The first-order valence-corrected chi connectivity index (χ1v) is 10.7. The number of carbonyl (C=O) groups is 2. The van der Waals surface area contributed by atoms with E-state index in [2.05, 4.69) is 15.4 Å². The Morgan fingerprint density at radius 1 is 1.37 bits per heavy atom. The van der Waals surface area contributed by atoms with E-state index in [-0.39, 0.29) is 17.3 Å². The molecular formula is C18H26N6O5S. The fourth-order valence-corrected chi connectivity index (χ4v) is 4.07. The normalized spacial score (nSPS) is 17.2. The predicted octanol–water partition coefficient (Wildman–Crippen LogP) is -1.57. The van der Waals surface area contributed by atoms with Gasteiger partial charge in [-0.25, -0.2) is 8.42 Å². The molecule has 12 heteroatoms. The van der Waals surface area contributed by atoms with Crippen molar-refractivity contribution in [1.29, 1.82) is 5.41 Å². The summed E-state index contributed by atoms with van der Waals surface area (Å²) in [6.07, 6.45) is 3.91. The summed E-state index contributed by atoms with van der Waals surface area (Å²) in [5, 5.41) is 22.3. The van der Waals surface area contributed by atoms with E-state index in [4.69, 9.17) is 11.1 Å². The standard InChI is InChI=1S/C18H26N6O5S/c19-18(20)22-9-4-5-13(11-25)24(16-8-10-21-16)17(27)15(12-26)23-30(28,29)14-6-2-1-3-7-14/h1-3,6-8,10-11,13,15-16,21,23,26H,4-5,9,12H2,(H4,19,20,22)/t13?,15-,16?/m1/s1. The second kappa shape index (κ2) is 10.7. The van der Waals surface area contributed by atoms with Gasteiger partial charge in [0.25, 0.3) is 0 Å². The highest BCUT2D eigenvalue weighted by atomic mass is 32.2. The molecule has 1 amide bonds. The number of guanidine groups is 1. The van der Waals surface area contributed by atoms with Crippen LogP contribution in [0, 0.1) is 5.41 Å². The zero-order valence-corrected chi connectivity index (χ0v) is 17.0. The molecule has 30 heavy (non-hydrogen) atoms. The smallest absolute Gasteiger partial charge is 0.245 e. The Balaban J connectivity index is 2.16. The summed E-state index contributed by atoms with van der Waals surface area (Å²) in [6, 6.07) is 5.12. The van der Waals surface area contributed by atoms with Crippen LogP contribution < -0.4 is 21.1 Å². The van der Waals surface area contributed by atoms with E-state index in [1.807, 2.05) is 0 Å². The molecule has 0 fully saturated rings. The minimum atomic E-state index is -4.06. The zero-order valence-electron chi connectivity index (χ0n) is 16.2. The van der Waals surface area contributed by atoms with E-state index in [0.717, 1.165) is 0 Å².